The van der Waals surface area contributed by atoms with Gasteiger partial charge in [0, 0.05) is 5.69 Å². The van der Waals surface area contributed by atoms with Crippen LogP contribution in [-0.2, 0) is 10.2 Å². The summed E-state index contributed by atoms with van der Waals surface area (Å²) in [7, 11) is 0. The van der Waals surface area contributed by atoms with Crippen molar-refractivity contribution in [1.82, 2.24) is 20.2 Å². The van der Waals surface area contributed by atoms with Crippen molar-refractivity contribution in [3.05, 3.63) is 54.1 Å². The maximum absolute atomic E-state index is 12.4. The van der Waals surface area contributed by atoms with Crippen LogP contribution in [0.3, 0.4) is 0 Å². The minimum Gasteiger partial charge on any atom is -0.508 e. The molecule has 0 aliphatic heterocycles. The lowest BCUT2D eigenvalue weighted by atomic mass is 9.86. The molecule has 1 heterocycles. The molecule has 2 N–H and O–H groups in total. The van der Waals surface area contributed by atoms with Crippen LogP contribution in [0.2, 0.25) is 0 Å². The van der Waals surface area contributed by atoms with E-state index in [1.165, 1.54) is 16.4 Å². The number of phenols is 1. The first-order valence-electron chi connectivity index (χ1n) is 8.44. The molecule has 0 aliphatic carbocycles. The maximum Gasteiger partial charge on any atom is 0.234 e. The number of nitrogens with one attached hydrogen (secondary N) is 1. The van der Waals surface area contributed by atoms with Crippen molar-refractivity contribution < 1.29 is 9.90 Å². The highest BCUT2D eigenvalue weighted by molar-refractivity contribution is 7.99. The summed E-state index contributed by atoms with van der Waals surface area (Å²) in [5, 5.41) is 24.5. The van der Waals surface area contributed by atoms with Gasteiger partial charge in [-0.3, -0.25) is 4.79 Å². The fourth-order valence-electron chi connectivity index (χ4n) is 2.59. The first kappa shape index (κ1) is 18.9. The monoisotopic (exact) mass is 383 g/mol. The zero-order valence-electron chi connectivity index (χ0n) is 15.4. The van der Waals surface area contributed by atoms with Crippen molar-refractivity contribution >= 4 is 23.4 Å². The third kappa shape index (κ3) is 4.65. The molecule has 1 amide bonds. The second-order valence-corrected chi connectivity index (χ2v) is 7.96. The van der Waals surface area contributed by atoms with E-state index < -0.39 is 0 Å². The van der Waals surface area contributed by atoms with Crippen LogP contribution >= 0.6 is 11.8 Å². The molecule has 27 heavy (non-hydrogen) atoms. The number of aromatic hydroxyl groups is 1. The Balaban J connectivity index is 1.68. The molecule has 3 rings (SSSR count). The quantitative estimate of drug-likeness (QED) is 0.656. The van der Waals surface area contributed by atoms with Gasteiger partial charge in [0.05, 0.1) is 11.4 Å². The Hall–Kier alpha value is -2.87. The first-order valence-corrected chi connectivity index (χ1v) is 9.43. The molecule has 0 spiro atoms. The van der Waals surface area contributed by atoms with Gasteiger partial charge in [0.25, 0.3) is 0 Å². The van der Waals surface area contributed by atoms with Crippen molar-refractivity contribution in [1.29, 1.82) is 0 Å². The zero-order chi connectivity index (χ0) is 19.4. The summed E-state index contributed by atoms with van der Waals surface area (Å²) >= 11 is 1.25. The molecule has 0 saturated heterocycles. The Morgan fingerprint density at radius 1 is 1.15 bits per heavy atom. The number of thioether (sulfide) groups is 1. The maximum atomic E-state index is 12.4. The highest BCUT2D eigenvalue weighted by Crippen LogP contribution is 2.29. The van der Waals surface area contributed by atoms with E-state index in [0.717, 1.165) is 11.3 Å². The van der Waals surface area contributed by atoms with Crippen LogP contribution in [0.25, 0.3) is 5.69 Å². The molecule has 0 fully saturated rings. The minimum absolute atomic E-state index is 0.0695. The molecule has 0 atom stereocenters. The minimum atomic E-state index is -0.128. The van der Waals surface area contributed by atoms with Gasteiger partial charge < -0.3 is 10.4 Å². The molecule has 140 valence electrons. The average Bonchev–Trinajstić information content (AvgIpc) is 3.09. The van der Waals surface area contributed by atoms with Gasteiger partial charge in [0.15, 0.2) is 0 Å². The van der Waals surface area contributed by atoms with E-state index in [2.05, 4.69) is 41.6 Å². The first-order chi connectivity index (χ1) is 12.8. The summed E-state index contributed by atoms with van der Waals surface area (Å²) in [5.41, 5.74) is 2.53. The molecule has 8 heteroatoms. The number of para-hydroxylation sites is 1. The summed E-state index contributed by atoms with van der Waals surface area (Å²) < 4.78 is 1.53. The molecule has 0 bridgehead atoms. The van der Waals surface area contributed by atoms with E-state index in [1.807, 2.05) is 24.3 Å². The van der Waals surface area contributed by atoms with Crippen molar-refractivity contribution in [3.8, 4) is 11.4 Å². The number of phenolic OH excluding ortho intramolecular Hbond substituents is 1. The highest BCUT2D eigenvalue weighted by atomic mass is 32.2. The molecule has 0 saturated carbocycles. The highest BCUT2D eigenvalue weighted by Gasteiger charge is 2.19. The Morgan fingerprint density at radius 3 is 2.56 bits per heavy atom. The number of rotatable bonds is 5. The van der Waals surface area contributed by atoms with E-state index >= 15 is 0 Å². The second-order valence-electron chi connectivity index (χ2n) is 7.02. The van der Waals surface area contributed by atoms with Crippen molar-refractivity contribution in [2.75, 3.05) is 11.1 Å². The van der Waals surface area contributed by atoms with Gasteiger partial charge in [-0.15, -0.1) is 5.10 Å². The number of amides is 1. The Morgan fingerprint density at radius 2 is 1.85 bits per heavy atom. The fraction of sp³-hybridized carbons (Fsp3) is 0.263. The van der Waals surface area contributed by atoms with Gasteiger partial charge in [0.1, 0.15) is 5.75 Å². The largest absolute Gasteiger partial charge is 0.508 e. The predicted molar refractivity (Wildman–Crippen MR) is 105 cm³/mol. The molecule has 1 aromatic heterocycles. The number of carbonyl (C=O) groups is 1. The van der Waals surface area contributed by atoms with Crippen LogP contribution in [-0.4, -0.2) is 37.0 Å². The van der Waals surface area contributed by atoms with E-state index in [0.29, 0.717) is 10.8 Å². The number of nitrogens with zero attached hydrogens (tertiary/aromatic N) is 4. The number of carbonyl (C=O) groups excluding carboxylic acids is 1. The lowest BCUT2D eigenvalue weighted by molar-refractivity contribution is -0.113. The molecule has 0 unspecified atom stereocenters. The smallest absolute Gasteiger partial charge is 0.234 e. The number of anilines is 1. The number of hydrogen-bond acceptors (Lipinski definition) is 6. The summed E-state index contributed by atoms with van der Waals surface area (Å²) in [6, 6.07) is 14.3. The van der Waals surface area contributed by atoms with Gasteiger partial charge in [-0.1, -0.05) is 50.7 Å². The van der Waals surface area contributed by atoms with Crippen molar-refractivity contribution in [2.24, 2.45) is 0 Å². The van der Waals surface area contributed by atoms with E-state index in [-0.39, 0.29) is 22.8 Å². The van der Waals surface area contributed by atoms with Crippen LogP contribution in [0.15, 0.2) is 53.7 Å². The van der Waals surface area contributed by atoms with Gasteiger partial charge in [0.2, 0.25) is 11.1 Å². The molecule has 0 aliphatic rings. The Labute approximate surface area is 161 Å². The number of benzene rings is 2. The topological polar surface area (TPSA) is 92.9 Å². The van der Waals surface area contributed by atoms with Crippen LogP contribution in [0.5, 0.6) is 5.75 Å². The Bertz CT molecular complexity index is 932. The normalized spacial score (nSPS) is 11.4. The van der Waals surface area contributed by atoms with Gasteiger partial charge >= 0.3 is 0 Å². The van der Waals surface area contributed by atoms with Crippen molar-refractivity contribution in [2.45, 2.75) is 31.3 Å². The molecular weight excluding hydrogens is 362 g/mol. The SMILES string of the molecule is CC(C)(C)c1ccccc1NC(=O)CSc1nnnn1-c1ccc(O)cc1. The van der Waals surface area contributed by atoms with Crippen LogP contribution in [0.1, 0.15) is 26.3 Å². The van der Waals surface area contributed by atoms with E-state index in [9.17, 15) is 9.90 Å². The lowest BCUT2D eigenvalue weighted by Gasteiger charge is -2.22. The standard InChI is InChI=1S/C19H21N5O2S/c1-19(2,3)15-6-4-5-7-16(15)20-17(26)12-27-18-21-22-23-24(18)13-8-10-14(25)11-9-13/h4-11,25H,12H2,1-3H3,(H,20,26). The molecule has 0 radical (unpaired) electrons. The lowest BCUT2D eigenvalue weighted by Crippen LogP contribution is -2.20. The van der Waals surface area contributed by atoms with Crippen molar-refractivity contribution in [3.63, 3.8) is 0 Å². The third-order valence-corrected chi connectivity index (χ3v) is 4.80. The molecule has 7 nitrogen and oxygen atoms in total. The predicted octanol–water partition coefficient (Wildman–Crippen LogP) is 3.40. The van der Waals surface area contributed by atoms with Crippen LogP contribution < -0.4 is 5.32 Å². The van der Waals surface area contributed by atoms with E-state index in [1.54, 1.807) is 24.3 Å². The summed E-state index contributed by atoms with van der Waals surface area (Å²) in [5.74, 6) is 0.214. The molecule has 2 aromatic carbocycles. The molecule has 3 aromatic rings. The van der Waals surface area contributed by atoms with Crippen LogP contribution in [0, 0.1) is 0 Å². The summed E-state index contributed by atoms with van der Waals surface area (Å²) in [6.45, 7) is 6.33. The number of tetrazole rings is 1. The average molecular weight is 383 g/mol. The third-order valence-electron chi connectivity index (χ3n) is 3.88. The van der Waals surface area contributed by atoms with Crippen LogP contribution in [0.4, 0.5) is 5.69 Å². The zero-order valence-corrected chi connectivity index (χ0v) is 16.2. The number of aromatic nitrogens is 4. The molecular formula is C19H21N5O2S. The van der Waals surface area contributed by atoms with Gasteiger partial charge in [-0.2, -0.15) is 4.68 Å². The van der Waals surface area contributed by atoms with E-state index in [4.69, 9.17) is 0 Å². The summed E-state index contributed by atoms with van der Waals surface area (Å²) in [4.78, 5) is 12.4. The Kier molecular flexibility index (Phi) is 5.46. The number of hydrogen-bond donors (Lipinski definition) is 2. The second kappa shape index (κ2) is 7.79. The van der Waals surface area contributed by atoms with Gasteiger partial charge in [-0.05, 0) is 51.7 Å². The fourth-order valence-corrected chi connectivity index (χ4v) is 3.28. The summed E-state index contributed by atoms with van der Waals surface area (Å²) in [6.07, 6.45) is 0. The van der Waals surface area contributed by atoms with Gasteiger partial charge in [-0.25, -0.2) is 0 Å².